The van der Waals surface area contributed by atoms with Crippen molar-refractivity contribution in [3.63, 3.8) is 0 Å². The second-order valence-electron chi connectivity index (χ2n) is 9.54. The van der Waals surface area contributed by atoms with Crippen molar-refractivity contribution >= 4 is 0 Å². The largest absolute Gasteiger partial charge is 0.465 e. The van der Waals surface area contributed by atoms with Crippen LogP contribution in [0.1, 0.15) is 98.0 Å². The molecule has 2 rings (SSSR count). The van der Waals surface area contributed by atoms with Gasteiger partial charge in [0.05, 0.1) is 6.10 Å². The van der Waals surface area contributed by atoms with Crippen LogP contribution in [-0.4, -0.2) is 12.4 Å². The first-order valence-corrected chi connectivity index (χ1v) is 10.7. The van der Waals surface area contributed by atoms with Gasteiger partial charge in [-0.25, -0.2) is 0 Å². The molecule has 0 heterocycles. The standard InChI is InChI=1S/C24H40O2/c1-7-22(18(2)3)19-13-15-21(16-14-19)26-23(17-24(4,5)6)25-20-11-9-8-10-12-20/h13-16,18,20,22-23H,7-12,17H2,1-6H3. The van der Waals surface area contributed by atoms with Crippen LogP contribution >= 0.6 is 0 Å². The van der Waals surface area contributed by atoms with Crippen molar-refractivity contribution in [3.8, 4) is 5.75 Å². The molecule has 1 aliphatic carbocycles. The Kier molecular flexibility index (Phi) is 8.01. The first-order valence-electron chi connectivity index (χ1n) is 10.7. The first-order chi connectivity index (χ1) is 12.3. The third-order valence-electron chi connectivity index (χ3n) is 5.50. The molecule has 2 heteroatoms. The lowest BCUT2D eigenvalue weighted by Gasteiger charge is -2.31. The number of hydrogen-bond donors (Lipinski definition) is 0. The summed E-state index contributed by atoms with van der Waals surface area (Å²) < 4.78 is 12.7. The number of hydrogen-bond acceptors (Lipinski definition) is 2. The molecule has 2 unspecified atom stereocenters. The van der Waals surface area contributed by atoms with Crippen LogP contribution in [-0.2, 0) is 4.74 Å². The van der Waals surface area contributed by atoms with Crippen molar-refractivity contribution in [2.45, 2.75) is 105 Å². The van der Waals surface area contributed by atoms with Crippen molar-refractivity contribution in [1.82, 2.24) is 0 Å². The van der Waals surface area contributed by atoms with Crippen LogP contribution in [0.25, 0.3) is 0 Å². The SMILES string of the molecule is CCC(c1ccc(OC(CC(C)(C)C)OC2CCCCC2)cc1)C(C)C. The molecular formula is C24H40O2. The van der Waals surface area contributed by atoms with Gasteiger partial charge in [0.25, 0.3) is 0 Å². The fourth-order valence-corrected chi connectivity index (χ4v) is 4.07. The van der Waals surface area contributed by atoms with Gasteiger partial charge >= 0.3 is 0 Å². The molecule has 0 aliphatic heterocycles. The molecule has 2 atom stereocenters. The van der Waals surface area contributed by atoms with E-state index in [1.165, 1.54) is 44.1 Å². The van der Waals surface area contributed by atoms with Crippen molar-refractivity contribution in [1.29, 1.82) is 0 Å². The Morgan fingerprint density at radius 2 is 1.62 bits per heavy atom. The topological polar surface area (TPSA) is 18.5 Å². The minimum atomic E-state index is -0.156. The van der Waals surface area contributed by atoms with E-state index in [9.17, 15) is 0 Å². The fraction of sp³-hybridized carbons (Fsp3) is 0.750. The van der Waals surface area contributed by atoms with Crippen molar-refractivity contribution in [3.05, 3.63) is 29.8 Å². The van der Waals surface area contributed by atoms with E-state index in [0.717, 1.165) is 12.2 Å². The Bertz CT molecular complexity index is 506. The highest BCUT2D eigenvalue weighted by molar-refractivity contribution is 5.29. The van der Waals surface area contributed by atoms with E-state index in [0.29, 0.717) is 17.9 Å². The molecule has 1 saturated carbocycles. The van der Waals surface area contributed by atoms with Crippen molar-refractivity contribution < 1.29 is 9.47 Å². The van der Waals surface area contributed by atoms with Crippen LogP contribution in [0.15, 0.2) is 24.3 Å². The predicted molar refractivity (Wildman–Crippen MR) is 111 cm³/mol. The predicted octanol–water partition coefficient (Wildman–Crippen LogP) is 7.33. The van der Waals surface area contributed by atoms with Gasteiger partial charge in [0.2, 0.25) is 6.29 Å². The van der Waals surface area contributed by atoms with Crippen LogP contribution in [0.4, 0.5) is 0 Å². The van der Waals surface area contributed by atoms with E-state index < -0.39 is 0 Å². The molecule has 2 nitrogen and oxygen atoms in total. The molecule has 0 saturated heterocycles. The molecule has 1 fully saturated rings. The zero-order chi connectivity index (χ0) is 19.2. The van der Waals surface area contributed by atoms with Crippen LogP contribution in [0, 0.1) is 11.3 Å². The second kappa shape index (κ2) is 9.78. The maximum absolute atomic E-state index is 6.39. The highest BCUT2D eigenvalue weighted by Crippen LogP contribution is 2.31. The smallest absolute Gasteiger partial charge is 0.200 e. The number of rotatable bonds is 8. The monoisotopic (exact) mass is 360 g/mol. The average Bonchev–Trinajstić information content (AvgIpc) is 2.56. The third-order valence-corrected chi connectivity index (χ3v) is 5.50. The van der Waals surface area contributed by atoms with E-state index in [-0.39, 0.29) is 11.7 Å². The molecular weight excluding hydrogens is 320 g/mol. The summed E-state index contributed by atoms with van der Waals surface area (Å²) in [6.45, 7) is 13.6. The summed E-state index contributed by atoms with van der Waals surface area (Å²) in [5, 5.41) is 0. The van der Waals surface area contributed by atoms with Gasteiger partial charge in [0.15, 0.2) is 0 Å². The van der Waals surface area contributed by atoms with E-state index in [4.69, 9.17) is 9.47 Å². The van der Waals surface area contributed by atoms with Crippen LogP contribution in [0.5, 0.6) is 5.75 Å². The van der Waals surface area contributed by atoms with Crippen molar-refractivity contribution in [2.24, 2.45) is 11.3 Å². The normalized spacial score (nSPS) is 18.7. The van der Waals surface area contributed by atoms with E-state index >= 15 is 0 Å². The molecule has 1 aromatic rings. The molecule has 0 N–H and O–H groups in total. The summed E-state index contributed by atoms with van der Waals surface area (Å²) in [4.78, 5) is 0. The molecule has 26 heavy (non-hydrogen) atoms. The number of ether oxygens (including phenoxy) is 2. The van der Waals surface area contributed by atoms with Crippen LogP contribution in [0.3, 0.4) is 0 Å². The Morgan fingerprint density at radius 3 is 2.12 bits per heavy atom. The maximum Gasteiger partial charge on any atom is 0.200 e. The van der Waals surface area contributed by atoms with Gasteiger partial charge in [-0.1, -0.05) is 72.9 Å². The molecule has 1 aliphatic rings. The summed E-state index contributed by atoms with van der Waals surface area (Å²) in [5.74, 6) is 2.21. The fourth-order valence-electron chi connectivity index (χ4n) is 4.07. The second-order valence-corrected chi connectivity index (χ2v) is 9.54. The van der Waals surface area contributed by atoms with Gasteiger partial charge in [-0.05, 0) is 54.2 Å². The van der Waals surface area contributed by atoms with Crippen LogP contribution < -0.4 is 4.74 Å². The minimum absolute atomic E-state index is 0.156. The summed E-state index contributed by atoms with van der Waals surface area (Å²) in [5.41, 5.74) is 1.60. The highest BCUT2D eigenvalue weighted by atomic mass is 16.7. The van der Waals surface area contributed by atoms with Gasteiger partial charge in [-0.15, -0.1) is 0 Å². The molecule has 148 valence electrons. The zero-order valence-electron chi connectivity index (χ0n) is 17.9. The van der Waals surface area contributed by atoms with E-state index in [1.807, 2.05) is 0 Å². The van der Waals surface area contributed by atoms with Gasteiger partial charge in [-0.3, -0.25) is 0 Å². The van der Waals surface area contributed by atoms with Gasteiger partial charge in [0.1, 0.15) is 5.75 Å². The molecule has 0 amide bonds. The highest BCUT2D eigenvalue weighted by Gasteiger charge is 2.25. The lowest BCUT2D eigenvalue weighted by molar-refractivity contribution is -0.142. The van der Waals surface area contributed by atoms with E-state index in [1.54, 1.807) is 0 Å². The van der Waals surface area contributed by atoms with Crippen LogP contribution in [0.2, 0.25) is 0 Å². The Hall–Kier alpha value is -1.02. The quantitative estimate of drug-likeness (QED) is 0.452. The molecule has 0 bridgehead atoms. The molecule has 0 spiro atoms. The Morgan fingerprint density at radius 1 is 1.00 bits per heavy atom. The molecule has 1 aromatic carbocycles. The van der Waals surface area contributed by atoms with Gasteiger partial charge in [-0.2, -0.15) is 0 Å². The maximum atomic E-state index is 6.39. The van der Waals surface area contributed by atoms with E-state index in [2.05, 4.69) is 65.8 Å². The average molecular weight is 361 g/mol. The van der Waals surface area contributed by atoms with Gasteiger partial charge in [0, 0.05) is 6.42 Å². The van der Waals surface area contributed by atoms with Gasteiger partial charge < -0.3 is 9.47 Å². The Labute approximate surface area is 161 Å². The lowest BCUT2D eigenvalue weighted by Crippen LogP contribution is -2.32. The summed E-state index contributed by atoms with van der Waals surface area (Å²) in [6, 6.07) is 8.72. The summed E-state index contributed by atoms with van der Waals surface area (Å²) in [7, 11) is 0. The third kappa shape index (κ3) is 6.95. The zero-order valence-corrected chi connectivity index (χ0v) is 17.9. The minimum Gasteiger partial charge on any atom is -0.465 e. The number of benzene rings is 1. The molecule has 0 radical (unpaired) electrons. The van der Waals surface area contributed by atoms with Crippen molar-refractivity contribution in [2.75, 3.05) is 0 Å². The molecule has 0 aromatic heterocycles. The lowest BCUT2D eigenvalue weighted by atomic mass is 9.86. The summed E-state index contributed by atoms with van der Waals surface area (Å²) >= 11 is 0. The first kappa shape index (κ1) is 21.3. The Balaban J connectivity index is 2.03. The summed E-state index contributed by atoms with van der Waals surface area (Å²) in [6.07, 6.45) is 8.57.